The molecule has 1 aromatic heterocycles. The quantitative estimate of drug-likeness (QED) is 0.551. The molecule has 0 N–H and O–H groups in total. The van der Waals surface area contributed by atoms with E-state index in [1.807, 2.05) is 50.3 Å². The zero-order valence-corrected chi connectivity index (χ0v) is 12.5. The van der Waals surface area contributed by atoms with Gasteiger partial charge in [0.2, 0.25) is 0 Å². The summed E-state index contributed by atoms with van der Waals surface area (Å²) in [6.07, 6.45) is 2.90. The van der Waals surface area contributed by atoms with E-state index in [4.69, 9.17) is 11.6 Å². The van der Waals surface area contributed by atoms with Crippen molar-refractivity contribution in [2.45, 2.75) is 13.8 Å². The van der Waals surface area contributed by atoms with Gasteiger partial charge in [0.05, 0.1) is 0 Å². The number of hydrogen-bond donors (Lipinski definition) is 0. The number of halogens is 1. The highest BCUT2D eigenvalue weighted by Crippen LogP contribution is 2.30. The van der Waals surface area contributed by atoms with Crippen molar-refractivity contribution in [2.75, 3.05) is 0 Å². The first-order valence-electron chi connectivity index (χ1n) is 6.12. The molecule has 2 aromatic rings. The van der Waals surface area contributed by atoms with Gasteiger partial charge in [0.1, 0.15) is 6.29 Å². The zero-order chi connectivity index (χ0) is 13.8. The number of thiophene rings is 1. The molecule has 1 aromatic carbocycles. The first kappa shape index (κ1) is 14.0. The third-order valence-electron chi connectivity index (χ3n) is 2.87. The number of carbonyl (C=O) groups excluding carboxylic acids is 1. The Morgan fingerprint density at radius 2 is 1.84 bits per heavy atom. The van der Waals surface area contributed by atoms with Crippen molar-refractivity contribution in [3.8, 4) is 10.4 Å². The Hall–Kier alpha value is -1.38. The first-order valence-corrected chi connectivity index (χ1v) is 7.32. The number of rotatable bonds is 4. The summed E-state index contributed by atoms with van der Waals surface area (Å²) < 4.78 is 0. The fourth-order valence-electron chi connectivity index (χ4n) is 1.70. The summed E-state index contributed by atoms with van der Waals surface area (Å²) in [5.74, 6) is 0.249. The zero-order valence-electron chi connectivity index (χ0n) is 10.9. The second kappa shape index (κ2) is 6.18. The van der Waals surface area contributed by atoms with Crippen LogP contribution in [0.2, 0.25) is 5.02 Å². The lowest BCUT2D eigenvalue weighted by molar-refractivity contribution is -0.105. The Labute approximate surface area is 122 Å². The molecule has 2 rings (SSSR count). The van der Waals surface area contributed by atoms with Crippen molar-refractivity contribution in [1.29, 1.82) is 0 Å². The van der Waals surface area contributed by atoms with E-state index < -0.39 is 0 Å². The van der Waals surface area contributed by atoms with Crippen molar-refractivity contribution in [2.24, 2.45) is 5.92 Å². The van der Waals surface area contributed by atoms with E-state index in [0.717, 1.165) is 27.3 Å². The van der Waals surface area contributed by atoms with E-state index in [0.29, 0.717) is 0 Å². The van der Waals surface area contributed by atoms with Gasteiger partial charge in [0.25, 0.3) is 0 Å². The molecule has 0 radical (unpaired) electrons. The van der Waals surface area contributed by atoms with Gasteiger partial charge in [-0.05, 0) is 47.4 Å². The molecule has 0 fully saturated rings. The van der Waals surface area contributed by atoms with Crippen molar-refractivity contribution in [3.63, 3.8) is 0 Å². The molecule has 0 aliphatic carbocycles. The highest BCUT2D eigenvalue weighted by atomic mass is 35.5. The van der Waals surface area contributed by atoms with Crippen molar-refractivity contribution in [3.05, 3.63) is 51.9 Å². The van der Waals surface area contributed by atoms with Gasteiger partial charge in [-0.25, -0.2) is 0 Å². The third-order valence-corrected chi connectivity index (χ3v) is 4.20. The van der Waals surface area contributed by atoms with Gasteiger partial charge in [-0.15, -0.1) is 11.3 Å². The van der Waals surface area contributed by atoms with Crippen LogP contribution in [0.5, 0.6) is 0 Å². The standard InChI is InChI=1S/C16H15ClOS/c1-11(2)13(10-18)9-15-7-8-16(19-15)12-3-5-14(17)6-4-12/h3-11H,1-2H3. The van der Waals surface area contributed by atoms with Crippen LogP contribution in [0, 0.1) is 5.92 Å². The average molecular weight is 291 g/mol. The highest BCUT2D eigenvalue weighted by Gasteiger charge is 2.05. The van der Waals surface area contributed by atoms with Crippen LogP contribution in [0.4, 0.5) is 0 Å². The van der Waals surface area contributed by atoms with E-state index in [1.54, 1.807) is 11.3 Å². The van der Waals surface area contributed by atoms with E-state index in [-0.39, 0.29) is 5.92 Å². The minimum atomic E-state index is 0.249. The van der Waals surface area contributed by atoms with Crippen molar-refractivity contribution >= 4 is 35.3 Å². The molecule has 0 bridgehead atoms. The predicted molar refractivity (Wildman–Crippen MR) is 83.6 cm³/mol. The van der Waals surface area contributed by atoms with E-state index in [1.165, 1.54) is 4.88 Å². The molecule has 0 aliphatic heterocycles. The summed E-state index contributed by atoms with van der Waals surface area (Å²) in [5, 5.41) is 0.739. The van der Waals surface area contributed by atoms with Gasteiger partial charge < -0.3 is 0 Å². The van der Waals surface area contributed by atoms with Crippen molar-refractivity contribution in [1.82, 2.24) is 0 Å². The molecule has 0 spiro atoms. The lowest BCUT2D eigenvalue weighted by Crippen LogP contribution is -1.93. The summed E-state index contributed by atoms with van der Waals surface area (Å²) in [7, 11) is 0. The molecule has 0 aliphatic rings. The van der Waals surface area contributed by atoms with Crippen LogP contribution in [0.15, 0.2) is 42.0 Å². The Morgan fingerprint density at radius 3 is 2.42 bits per heavy atom. The van der Waals surface area contributed by atoms with Gasteiger partial charge >= 0.3 is 0 Å². The van der Waals surface area contributed by atoms with E-state index in [9.17, 15) is 4.79 Å². The summed E-state index contributed by atoms with van der Waals surface area (Å²) in [4.78, 5) is 13.3. The monoisotopic (exact) mass is 290 g/mol. The summed E-state index contributed by atoms with van der Waals surface area (Å²) in [5.41, 5.74) is 1.97. The smallest absolute Gasteiger partial charge is 0.146 e. The molecular formula is C16H15ClOS. The van der Waals surface area contributed by atoms with Gasteiger partial charge in [0, 0.05) is 14.8 Å². The van der Waals surface area contributed by atoms with Gasteiger partial charge in [-0.3, -0.25) is 4.79 Å². The maximum Gasteiger partial charge on any atom is 0.146 e. The molecule has 0 amide bonds. The fraction of sp³-hybridized carbons (Fsp3) is 0.188. The largest absolute Gasteiger partial charge is 0.298 e. The topological polar surface area (TPSA) is 17.1 Å². The molecule has 0 saturated heterocycles. The van der Waals surface area contributed by atoms with Crippen LogP contribution >= 0.6 is 22.9 Å². The van der Waals surface area contributed by atoms with E-state index in [2.05, 4.69) is 6.07 Å². The number of hydrogen-bond acceptors (Lipinski definition) is 2. The lowest BCUT2D eigenvalue weighted by Gasteiger charge is -2.01. The normalized spacial score (nSPS) is 11.9. The lowest BCUT2D eigenvalue weighted by atomic mass is 10.0. The van der Waals surface area contributed by atoms with Gasteiger partial charge in [0.15, 0.2) is 0 Å². The second-order valence-corrected chi connectivity index (χ2v) is 6.18. The molecule has 98 valence electrons. The molecule has 0 atom stereocenters. The molecule has 19 heavy (non-hydrogen) atoms. The van der Waals surface area contributed by atoms with Crippen LogP contribution in [0.25, 0.3) is 16.5 Å². The van der Waals surface area contributed by atoms with Crippen LogP contribution < -0.4 is 0 Å². The number of carbonyl (C=O) groups is 1. The minimum absolute atomic E-state index is 0.249. The maximum atomic E-state index is 11.0. The Kier molecular flexibility index (Phi) is 4.56. The Balaban J connectivity index is 2.29. The number of aldehydes is 1. The summed E-state index contributed by atoms with van der Waals surface area (Å²) in [6.45, 7) is 4.04. The van der Waals surface area contributed by atoms with Crippen LogP contribution in [0.3, 0.4) is 0 Å². The SMILES string of the molecule is CC(C)C(C=O)=Cc1ccc(-c2ccc(Cl)cc2)s1. The summed E-state index contributed by atoms with van der Waals surface area (Å²) >= 11 is 7.56. The third kappa shape index (κ3) is 3.55. The van der Waals surface area contributed by atoms with Crippen LogP contribution in [0.1, 0.15) is 18.7 Å². The molecular weight excluding hydrogens is 276 g/mol. The van der Waals surface area contributed by atoms with E-state index >= 15 is 0 Å². The average Bonchev–Trinajstić information content (AvgIpc) is 2.85. The van der Waals surface area contributed by atoms with Gasteiger partial charge in [-0.1, -0.05) is 37.6 Å². The van der Waals surface area contributed by atoms with Crippen molar-refractivity contribution < 1.29 is 4.79 Å². The van der Waals surface area contributed by atoms with Crippen LogP contribution in [-0.2, 0) is 4.79 Å². The Morgan fingerprint density at radius 1 is 1.16 bits per heavy atom. The molecule has 3 heteroatoms. The molecule has 1 heterocycles. The predicted octanol–water partition coefficient (Wildman–Crippen LogP) is 5.31. The highest BCUT2D eigenvalue weighted by molar-refractivity contribution is 7.16. The second-order valence-electron chi connectivity index (χ2n) is 4.63. The van der Waals surface area contributed by atoms with Crippen LogP contribution in [-0.4, -0.2) is 6.29 Å². The first-order chi connectivity index (χ1) is 9.10. The van der Waals surface area contributed by atoms with Gasteiger partial charge in [-0.2, -0.15) is 0 Å². The minimum Gasteiger partial charge on any atom is -0.298 e. The molecule has 0 unspecified atom stereocenters. The fourth-order valence-corrected chi connectivity index (χ4v) is 2.80. The maximum absolute atomic E-state index is 11.0. The summed E-state index contributed by atoms with van der Waals surface area (Å²) in [6, 6.07) is 11.9. The Bertz CT molecular complexity index is 593. The molecule has 0 saturated carbocycles. The number of allylic oxidation sites excluding steroid dienone is 1. The number of benzene rings is 1. The molecule has 1 nitrogen and oxygen atoms in total.